The van der Waals surface area contributed by atoms with Gasteiger partial charge >= 0.3 is 5.97 Å². The number of hydrogen-bond donors (Lipinski definition) is 1. The standard InChI is InChI=1S/C71H133N2O7P/c1-7-10-13-16-19-22-25-28-30-32-33-34-35-36-37-38-39-41-42-45-48-51-54-57-60-63-70(74)72-68(67-79-81(76,77)78-66-65-73(4,5)6)69(62-59-56-53-50-47-44-27-24-21-18-15-12-9-3)80-71(75)64-61-58-55-52-49-46-43-40-31-29-26-23-20-17-14-11-8-2/h20,23,28-31,43,46,59,62,68-69H,7-19,21-22,24-27,32-42,44-45,47-58,60-61,63-67H2,1-6H3,(H-,72,74,76,77)/b23-20-,30-28+,31-29-,46-43-,62-59-. The number of phosphoric ester groups is 1. The lowest BCUT2D eigenvalue weighted by molar-refractivity contribution is -0.870. The Morgan fingerprint density at radius 1 is 0.432 bits per heavy atom. The highest BCUT2D eigenvalue weighted by Crippen LogP contribution is 2.38. The number of phosphoric acid groups is 1. The van der Waals surface area contributed by atoms with Crippen LogP contribution in [0.3, 0.4) is 0 Å². The molecule has 0 aliphatic rings. The summed E-state index contributed by atoms with van der Waals surface area (Å²) in [5, 5.41) is 3.04. The summed E-state index contributed by atoms with van der Waals surface area (Å²) in [6, 6.07) is -0.898. The van der Waals surface area contributed by atoms with Crippen LogP contribution < -0.4 is 10.2 Å². The average molecular weight is 1160 g/mol. The van der Waals surface area contributed by atoms with Crippen LogP contribution >= 0.6 is 7.82 Å². The van der Waals surface area contributed by atoms with Gasteiger partial charge in [0.2, 0.25) is 5.91 Å². The van der Waals surface area contributed by atoms with E-state index in [1.165, 1.54) is 212 Å². The minimum Gasteiger partial charge on any atom is -0.756 e. The van der Waals surface area contributed by atoms with Crippen molar-refractivity contribution in [2.24, 2.45) is 0 Å². The Morgan fingerprint density at radius 2 is 0.753 bits per heavy atom. The van der Waals surface area contributed by atoms with Crippen LogP contribution in [0.25, 0.3) is 0 Å². The van der Waals surface area contributed by atoms with Crippen molar-refractivity contribution in [1.82, 2.24) is 5.32 Å². The zero-order valence-electron chi connectivity index (χ0n) is 54.2. The Balaban J connectivity index is 5.12. The maximum Gasteiger partial charge on any atom is 0.306 e. The molecule has 0 aromatic heterocycles. The third-order valence-electron chi connectivity index (χ3n) is 15.4. The molecular weight excluding hydrogens is 1020 g/mol. The third-order valence-corrected chi connectivity index (χ3v) is 16.4. The van der Waals surface area contributed by atoms with Gasteiger partial charge in [-0.3, -0.25) is 14.2 Å². The van der Waals surface area contributed by atoms with E-state index in [1.807, 2.05) is 33.3 Å². The van der Waals surface area contributed by atoms with Gasteiger partial charge in [-0.15, -0.1) is 0 Å². The van der Waals surface area contributed by atoms with Gasteiger partial charge in [-0.2, -0.15) is 0 Å². The zero-order valence-corrected chi connectivity index (χ0v) is 55.1. The topological polar surface area (TPSA) is 114 Å². The summed E-state index contributed by atoms with van der Waals surface area (Å²) in [5.74, 6) is -0.555. The molecule has 0 spiro atoms. The molecule has 0 bridgehead atoms. The molecule has 0 aliphatic carbocycles. The van der Waals surface area contributed by atoms with Crippen LogP contribution in [0.4, 0.5) is 0 Å². The summed E-state index contributed by atoms with van der Waals surface area (Å²) in [6.07, 6.45) is 77.7. The van der Waals surface area contributed by atoms with Crippen molar-refractivity contribution < 1.29 is 37.3 Å². The largest absolute Gasteiger partial charge is 0.756 e. The number of allylic oxidation sites excluding steroid dienone is 9. The van der Waals surface area contributed by atoms with Gasteiger partial charge in [0.05, 0.1) is 33.8 Å². The van der Waals surface area contributed by atoms with Crippen LogP contribution in [-0.2, 0) is 27.9 Å². The fourth-order valence-electron chi connectivity index (χ4n) is 10.1. The molecule has 0 saturated carbocycles. The number of quaternary nitrogens is 1. The summed E-state index contributed by atoms with van der Waals surface area (Å²) in [4.78, 5) is 40.1. The number of esters is 1. The number of rotatable bonds is 63. The van der Waals surface area contributed by atoms with Gasteiger partial charge in [0.15, 0.2) is 0 Å². The van der Waals surface area contributed by atoms with Crippen molar-refractivity contribution in [3.8, 4) is 0 Å². The number of likely N-dealkylation sites (N-methyl/N-ethyl adjacent to an activating group) is 1. The third kappa shape index (κ3) is 62.1. The first kappa shape index (κ1) is 78.7. The lowest BCUT2D eigenvalue weighted by atomic mass is 10.0. The van der Waals surface area contributed by atoms with E-state index >= 15 is 0 Å². The highest BCUT2D eigenvalue weighted by molar-refractivity contribution is 7.45. The van der Waals surface area contributed by atoms with Crippen LogP contribution in [0.1, 0.15) is 329 Å². The summed E-state index contributed by atoms with van der Waals surface area (Å²) >= 11 is 0. The molecule has 1 amide bonds. The summed E-state index contributed by atoms with van der Waals surface area (Å²) < 4.78 is 30.4. The number of amides is 1. The normalized spacial score (nSPS) is 13.9. The first-order chi connectivity index (χ1) is 39.4. The first-order valence-electron chi connectivity index (χ1n) is 34.6. The zero-order chi connectivity index (χ0) is 59.3. The van der Waals surface area contributed by atoms with Crippen molar-refractivity contribution in [3.05, 3.63) is 60.8 Å². The predicted molar refractivity (Wildman–Crippen MR) is 349 cm³/mol. The molecule has 0 saturated heterocycles. The van der Waals surface area contributed by atoms with Gasteiger partial charge in [-0.1, -0.05) is 281 Å². The quantitative estimate of drug-likeness (QED) is 0.0212. The molecule has 9 nitrogen and oxygen atoms in total. The van der Waals surface area contributed by atoms with E-state index in [0.717, 1.165) is 77.0 Å². The molecule has 0 radical (unpaired) electrons. The van der Waals surface area contributed by atoms with Crippen molar-refractivity contribution in [3.63, 3.8) is 0 Å². The number of nitrogens with one attached hydrogen (secondary N) is 1. The fourth-order valence-corrected chi connectivity index (χ4v) is 10.8. The molecule has 0 rings (SSSR count). The van der Waals surface area contributed by atoms with Crippen molar-refractivity contribution >= 4 is 19.7 Å². The molecule has 0 aromatic rings. The number of ether oxygens (including phenoxy) is 1. The number of unbranched alkanes of at least 4 members (excludes halogenated alkanes) is 39. The van der Waals surface area contributed by atoms with Gasteiger partial charge < -0.3 is 28.5 Å². The number of hydrogen-bond acceptors (Lipinski definition) is 7. The number of carbonyl (C=O) groups is 2. The van der Waals surface area contributed by atoms with Gasteiger partial charge in [-0.05, 0) is 96.0 Å². The lowest BCUT2D eigenvalue weighted by Gasteiger charge is -2.30. The lowest BCUT2D eigenvalue weighted by Crippen LogP contribution is -2.47. The van der Waals surface area contributed by atoms with Crippen LogP contribution in [0.5, 0.6) is 0 Å². The van der Waals surface area contributed by atoms with E-state index in [-0.39, 0.29) is 24.9 Å². The minimum absolute atomic E-state index is 0.0261. The molecule has 474 valence electrons. The second kappa shape index (κ2) is 60.8. The predicted octanol–water partition coefficient (Wildman–Crippen LogP) is 21.2. The average Bonchev–Trinajstić information content (AvgIpc) is 3.44. The van der Waals surface area contributed by atoms with Crippen molar-refractivity contribution in [1.29, 1.82) is 0 Å². The molecule has 3 atom stereocenters. The molecule has 1 N–H and O–H groups in total. The van der Waals surface area contributed by atoms with Crippen LogP contribution in [0, 0.1) is 0 Å². The molecule has 0 aliphatic heterocycles. The highest BCUT2D eigenvalue weighted by Gasteiger charge is 2.27. The maximum absolute atomic E-state index is 13.6. The van der Waals surface area contributed by atoms with E-state index in [1.54, 1.807) is 0 Å². The Morgan fingerprint density at radius 3 is 1.16 bits per heavy atom. The van der Waals surface area contributed by atoms with E-state index in [0.29, 0.717) is 23.9 Å². The Hall–Kier alpha value is -2.29. The smallest absolute Gasteiger partial charge is 0.306 e. The van der Waals surface area contributed by atoms with Gasteiger partial charge in [-0.25, -0.2) is 0 Å². The second-order valence-corrected chi connectivity index (χ2v) is 26.1. The SMILES string of the molecule is CCCCC/C=C\C/C=C\C/C=C\CCCCCCC(=O)OC(/C=C\CCCCCCCCCCCCC)C(COP(=O)([O-])OCC[N+](C)(C)C)NC(=O)CCCCCCCCCCCCCCCCC/C=C/CCCCCCCC. The van der Waals surface area contributed by atoms with Crippen LogP contribution in [-0.4, -0.2) is 69.4 Å². The maximum atomic E-state index is 13.6. The van der Waals surface area contributed by atoms with E-state index in [4.69, 9.17) is 13.8 Å². The monoisotopic (exact) mass is 1160 g/mol. The fraction of sp³-hybridized carbons (Fsp3) is 0.831. The molecule has 3 unspecified atom stereocenters. The van der Waals surface area contributed by atoms with E-state index in [9.17, 15) is 19.0 Å². The van der Waals surface area contributed by atoms with E-state index in [2.05, 4.69) is 74.7 Å². The van der Waals surface area contributed by atoms with Gasteiger partial charge in [0.25, 0.3) is 7.82 Å². The van der Waals surface area contributed by atoms with Gasteiger partial charge in [0.1, 0.15) is 19.3 Å². The van der Waals surface area contributed by atoms with Crippen LogP contribution in [0.2, 0.25) is 0 Å². The summed E-state index contributed by atoms with van der Waals surface area (Å²) in [6.45, 7) is 6.83. The second-order valence-electron chi connectivity index (χ2n) is 24.7. The van der Waals surface area contributed by atoms with Gasteiger partial charge in [0, 0.05) is 12.8 Å². The summed E-state index contributed by atoms with van der Waals surface area (Å²) in [5.41, 5.74) is 0. The Labute approximate surface area is 502 Å². The van der Waals surface area contributed by atoms with E-state index < -0.39 is 26.6 Å². The molecule has 0 fully saturated rings. The minimum atomic E-state index is -4.71. The Kier molecular flexibility index (Phi) is 59.1. The Bertz CT molecular complexity index is 1570. The molecular formula is C71H133N2O7P. The van der Waals surface area contributed by atoms with Crippen LogP contribution in [0.15, 0.2) is 60.8 Å². The highest BCUT2D eigenvalue weighted by atomic mass is 31.2. The molecule has 0 heterocycles. The number of carbonyl (C=O) groups excluding carboxylic acids is 2. The van der Waals surface area contributed by atoms with Crippen molar-refractivity contribution in [2.45, 2.75) is 341 Å². The first-order valence-corrected chi connectivity index (χ1v) is 36.1. The van der Waals surface area contributed by atoms with Crippen molar-refractivity contribution in [2.75, 3.05) is 40.9 Å². The molecule has 81 heavy (non-hydrogen) atoms. The molecule has 10 heteroatoms. The summed E-state index contributed by atoms with van der Waals surface area (Å²) in [7, 11) is 1.18. The number of nitrogens with zero attached hydrogens (tertiary/aromatic N) is 1. The molecule has 0 aromatic carbocycles.